The summed E-state index contributed by atoms with van der Waals surface area (Å²) in [5.74, 6) is 0.954. The Kier molecular flexibility index (Phi) is 5.22. The number of piperazine rings is 1. The van der Waals surface area contributed by atoms with E-state index in [2.05, 4.69) is 24.1 Å². The van der Waals surface area contributed by atoms with Crippen molar-refractivity contribution in [2.75, 3.05) is 33.2 Å². The number of carbonyl (C=O) groups excluding carboxylic acids is 1. The minimum absolute atomic E-state index is 0.299. The van der Waals surface area contributed by atoms with Gasteiger partial charge in [-0.3, -0.25) is 9.69 Å². The molecular formula is C15H29N3O. The highest BCUT2D eigenvalue weighted by molar-refractivity contribution is 5.78. The fourth-order valence-corrected chi connectivity index (χ4v) is 3.46. The van der Waals surface area contributed by atoms with E-state index in [0.29, 0.717) is 30.5 Å². The van der Waals surface area contributed by atoms with Crippen molar-refractivity contribution >= 4 is 5.91 Å². The van der Waals surface area contributed by atoms with Crippen molar-refractivity contribution in [2.45, 2.75) is 51.6 Å². The molecule has 0 aromatic rings. The average molecular weight is 267 g/mol. The van der Waals surface area contributed by atoms with Crippen LogP contribution in [0.3, 0.4) is 0 Å². The third-order valence-corrected chi connectivity index (χ3v) is 4.93. The van der Waals surface area contributed by atoms with Crippen LogP contribution in [0.1, 0.15) is 39.5 Å². The van der Waals surface area contributed by atoms with Gasteiger partial charge < -0.3 is 10.2 Å². The summed E-state index contributed by atoms with van der Waals surface area (Å²) in [5.41, 5.74) is 0. The van der Waals surface area contributed by atoms with Crippen molar-refractivity contribution in [3.63, 3.8) is 0 Å². The highest BCUT2D eigenvalue weighted by Gasteiger charge is 2.29. The number of carbonyl (C=O) groups is 1. The van der Waals surface area contributed by atoms with Crippen LogP contribution in [0.4, 0.5) is 0 Å². The van der Waals surface area contributed by atoms with Crippen molar-refractivity contribution < 1.29 is 4.79 Å². The molecule has 1 heterocycles. The van der Waals surface area contributed by atoms with Gasteiger partial charge in [0.05, 0.1) is 6.54 Å². The van der Waals surface area contributed by atoms with Crippen molar-refractivity contribution in [3.05, 3.63) is 0 Å². The van der Waals surface area contributed by atoms with Crippen molar-refractivity contribution in [1.82, 2.24) is 15.1 Å². The number of nitrogens with one attached hydrogen (secondary N) is 1. The highest BCUT2D eigenvalue weighted by atomic mass is 16.2. The van der Waals surface area contributed by atoms with E-state index in [0.717, 1.165) is 19.6 Å². The summed E-state index contributed by atoms with van der Waals surface area (Å²) in [4.78, 5) is 16.8. The van der Waals surface area contributed by atoms with Gasteiger partial charge in [-0.15, -0.1) is 0 Å². The van der Waals surface area contributed by atoms with E-state index in [1.165, 1.54) is 25.7 Å². The molecule has 2 fully saturated rings. The zero-order valence-electron chi connectivity index (χ0n) is 12.7. The lowest BCUT2D eigenvalue weighted by Gasteiger charge is -2.39. The molecule has 110 valence electrons. The van der Waals surface area contributed by atoms with Crippen LogP contribution in [0.2, 0.25) is 0 Å². The number of amides is 1. The van der Waals surface area contributed by atoms with Crippen molar-refractivity contribution in [1.29, 1.82) is 0 Å². The summed E-state index contributed by atoms with van der Waals surface area (Å²) < 4.78 is 0. The summed E-state index contributed by atoms with van der Waals surface area (Å²) >= 11 is 0. The van der Waals surface area contributed by atoms with Gasteiger partial charge in [0.2, 0.25) is 5.91 Å². The number of nitrogens with zero attached hydrogens (tertiary/aromatic N) is 2. The van der Waals surface area contributed by atoms with Gasteiger partial charge in [0.15, 0.2) is 0 Å². The maximum atomic E-state index is 12.5. The second kappa shape index (κ2) is 6.71. The van der Waals surface area contributed by atoms with Gasteiger partial charge in [-0.05, 0) is 25.7 Å². The Morgan fingerprint density at radius 2 is 2.05 bits per heavy atom. The van der Waals surface area contributed by atoms with Gasteiger partial charge in [-0.1, -0.05) is 19.8 Å². The second-order valence-corrected chi connectivity index (χ2v) is 6.36. The number of hydrogen-bond donors (Lipinski definition) is 1. The van der Waals surface area contributed by atoms with Crippen LogP contribution in [0.5, 0.6) is 0 Å². The lowest BCUT2D eigenvalue weighted by atomic mass is 9.85. The minimum Gasteiger partial charge on any atom is -0.341 e. The van der Waals surface area contributed by atoms with Crippen LogP contribution < -0.4 is 5.32 Å². The van der Waals surface area contributed by atoms with E-state index in [1.54, 1.807) is 0 Å². The first kappa shape index (κ1) is 14.8. The molecule has 1 aliphatic heterocycles. The largest absolute Gasteiger partial charge is 0.341 e. The van der Waals surface area contributed by atoms with Gasteiger partial charge >= 0.3 is 0 Å². The molecule has 4 nitrogen and oxygen atoms in total. The minimum atomic E-state index is 0.299. The van der Waals surface area contributed by atoms with E-state index >= 15 is 0 Å². The monoisotopic (exact) mass is 267 g/mol. The van der Waals surface area contributed by atoms with E-state index in [1.807, 2.05) is 11.9 Å². The zero-order valence-corrected chi connectivity index (χ0v) is 12.7. The molecule has 1 saturated carbocycles. The predicted molar refractivity (Wildman–Crippen MR) is 78.1 cm³/mol. The molecule has 1 aliphatic carbocycles. The van der Waals surface area contributed by atoms with E-state index in [-0.39, 0.29) is 0 Å². The first-order valence-electron chi connectivity index (χ1n) is 7.80. The van der Waals surface area contributed by atoms with E-state index in [9.17, 15) is 4.79 Å². The highest BCUT2D eigenvalue weighted by Crippen LogP contribution is 2.27. The molecular weight excluding hydrogens is 238 g/mol. The summed E-state index contributed by atoms with van der Waals surface area (Å²) in [7, 11) is 2.00. The molecule has 0 radical (unpaired) electrons. The van der Waals surface area contributed by atoms with Gasteiger partial charge in [0.1, 0.15) is 0 Å². The SMILES string of the molecule is CC1CCCCC1N(C)C(=O)CN1CCNC[C@@H]1C. The molecule has 2 unspecified atom stereocenters. The Hall–Kier alpha value is -0.610. The zero-order chi connectivity index (χ0) is 13.8. The molecule has 1 saturated heterocycles. The summed E-state index contributed by atoms with van der Waals surface area (Å²) in [5, 5.41) is 3.37. The standard InChI is InChI=1S/C15H29N3O/c1-12-6-4-5-7-14(12)17(3)15(19)11-18-9-8-16-10-13(18)2/h12-14,16H,4-11H2,1-3H3/t12?,13-,14?/m0/s1. The average Bonchev–Trinajstić information content (AvgIpc) is 2.41. The Balaban J connectivity index is 1.87. The third kappa shape index (κ3) is 3.69. The first-order chi connectivity index (χ1) is 9.09. The molecule has 4 heteroatoms. The van der Waals surface area contributed by atoms with Crippen LogP contribution in [0.15, 0.2) is 0 Å². The Morgan fingerprint density at radius 3 is 2.74 bits per heavy atom. The Labute approximate surface area is 117 Å². The Morgan fingerprint density at radius 1 is 1.32 bits per heavy atom. The summed E-state index contributed by atoms with van der Waals surface area (Å²) in [6, 6.07) is 0.925. The number of hydrogen-bond acceptors (Lipinski definition) is 3. The molecule has 0 bridgehead atoms. The molecule has 3 atom stereocenters. The van der Waals surface area contributed by atoms with Gasteiger partial charge in [0.25, 0.3) is 0 Å². The normalized spacial score (nSPS) is 33.1. The topological polar surface area (TPSA) is 35.6 Å². The Bertz CT molecular complexity index is 308. The number of rotatable bonds is 3. The van der Waals surface area contributed by atoms with Crippen molar-refractivity contribution in [2.24, 2.45) is 5.92 Å². The van der Waals surface area contributed by atoms with Crippen LogP contribution in [-0.2, 0) is 4.79 Å². The molecule has 0 aromatic carbocycles. The molecule has 1 N–H and O–H groups in total. The molecule has 0 aromatic heterocycles. The van der Waals surface area contributed by atoms with Gasteiger partial charge in [0, 0.05) is 38.8 Å². The molecule has 1 amide bonds. The molecule has 2 rings (SSSR count). The quantitative estimate of drug-likeness (QED) is 0.837. The smallest absolute Gasteiger partial charge is 0.236 e. The third-order valence-electron chi connectivity index (χ3n) is 4.93. The van der Waals surface area contributed by atoms with Crippen LogP contribution in [0.25, 0.3) is 0 Å². The molecule has 19 heavy (non-hydrogen) atoms. The van der Waals surface area contributed by atoms with Crippen molar-refractivity contribution in [3.8, 4) is 0 Å². The number of likely N-dealkylation sites (N-methyl/N-ethyl adjacent to an activating group) is 1. The van der Waals surface area contributed by atoms with Crippen LogP contribution >= 0.6 is 0 Å². The maximum Gasteiger partial charge on any atom is 0.236 e. The fraction of sp³-hybridized carbons (Fsp3) is 0.933. The van der Waals surface area contributed by atoms with Gasteiger partial charge in [-0.25, -0.2) is 0 Å². The maximum absolute atomic E-state index is 12.5. The summed E-state index contributed by atoms with van der Waals surface area (Å²) in [6.45, 7) is 8.06. The van der Waals surface area contributed by atoms with Crippen LogP contribution in [0, 0.1) is 5.92 Å². The van der Waals surface area contributed by atoms with Crippen LogP contribution in [-0.4, -0.2) is 61.0 Å². The molecule has 0 spiro atoms. The predicted octanol–water partition coefficient (Wildman–Crippen LogP) is 1.32. The summed E-state index contributed by atoms with van der Waals surface area (Å²) in [6.07, 6.45) is 5.05. The molecule has 2 aliphatic rings. The van der Waals surface area contributed by atoms with E-state index in [4.69, 9.17) is 0 Å². The fourth-order valence-electron chi connectivity index (χ4n) is 3.46. The van der Waals surface area contributed by atoms with Gasteiger partial charge in [-0.2, -0.15) is 0 Å². The second-order valence-electron chi connectivity index (χ2n) is 6.36. The lowest BCUT2D eigenvalue weighted by Crippen LogP contribution is -2.54. The van der Waals surface area contributed by atoms with E-state index < -0.39 is 0 Å². The lowest BCUT2D eigenvalue weighted by molar-refractivity contribution is -0.135. The first-order valence-corrected chi connectivity index (χ1v) is 7.80.